The fourth-order valence-electron chi connectivity index (χ4n) is 2.21. The fraction of sp³-hybridized carbons (Fsp3) is 0.263. The van der Waals surface area contributed by atoms with Crippen molar-refractivity contribution in [2.45, 2.75) is 19.8 Å². The van der Waals surface area contributed by atoms with Crippen LogP contribution >= 0.6 is 0 Å². The Bertz CT molecular complexity index is 714. The molecule has 2 aromatic carbocycles. The Morgan fingerprint density at radius 1 is 0.920 bits per heavy atom. The summed E-state index contributed by atoms with van der Waals surface area (Å²) in [6.45, 7) is 2.10. The summed E-state index contributed by atoms with van der Waals surface area (Å²) in [4.78, 5) is 23.5. The van der Waals surface area contributed by atoms with E-state index in [0.29, 0.717) is 17.9 Å². The van der Waals surface area contributed by atoms with Crippen molar-refractivity contribution < 1.29 is 14.3 Å². The molecule has 0 radical (unpaired) electrons. The molecule has 0 spiro atoms. The SMILES string of the molecule is CCCC(=O)Nc1ccc(NCC(=O)Nc2cccc(OC)c2)cc1. The van der Waals surface area contributed by atoms with Crippen molar-refractivity contribution in [2.75, 3.05) is 29.6 Å². The number of anilines is 3. The first-order valence-corrected chi connectivity index (χ1v) is 8.18. The van der Waals surface area contributed by atoms with Gasteiger partial charge in [0.25, 0.3) is 0 Å². The quantitative estimate of drug-likeness (QED) is 0.687. The van der Waals surface area contributed by atoms with Crippen LogP contribution in [0.3, 0.4) is 0 Å². The summed E-state index contributed by atoms with van der Waals surface area (Å²) < 4.78 is 5.12. The van der Waals surface area contributed by atoms with Crippen molar-refractivity contribution in [3.8, 4) is 5.75 Å². The highest BCUT2D eigenvalue weighted by Gasteiger charge is 2.04. The minimum Gasteiger partial charge on any atom is -0.497 e. The maximum absolute atomic E-state index is 12.0. The molecule has 0 saturated heterocycles. The van der Waals surface area contributed by atoms with Crippen molar-refractivity contribution in [3.63, 3.8) is 0 Å². The van der Waals surface area contributed by atoms with E-state index in [-0.39, 0.29) is 18.4 Å². The molecule has 0 unspecified atom stereocenters. The summed E-state index contributed by atoms with van der Waals surface area (Å²) in [5.74, 6) is 0.529. The lowest BCUT2D eigenvalue weighted by molar-refractivity contribution is -0.116. The van der Waals surface area contributed by atoms with E-state index in [1.165, 1.54) is 0 Å². The third-order valence-corrected chi connectivity index (χ3v) is 3.45. The molecular formula is C19H23N3O3. The molecular weight excluding hydrogens is 318 g/mol. The first kappa shape index (κ1) is 18.3. The van der Waals surface area contributed by atoms with E-state index in [1.807, 2.05) is 31.2 Å². The van der Waals surface area contributed by atoms with E-state index in [2.05, 4.69) is 16.0 Å². The van der Waals surface area contributed by atoms with Crippen molar-refractivity contribution >= 4 is 28.9 Å². The normalized spacial score (nSPS) is 10.0. The van der Waals surface area contributed by atoms with Gasteiger partial charge in [0.2, 0.25) is 11.8 Å². The van der Waals surface area contributed by atoms with E-state index >= 15 is 0 Å². The first-order chi connectivity index (χ1) is 12.1. The molecule has 3 N–H and O–H groups in total. The zero-order chi connectivity index (χ0) is 18.1. The van der Waals surface area contributed by atoms with Crippen LogP contribution in [0.1, 0.15) is 19.8 Å². The van der Waals surface area contributed by atoms with Crippen molar-refractivity contribution in [3.05, 3.63) is 48.5 Å². The van der Waals surface area contributed by atoms with Gasteiger partial charge in [0, 0.05) is 29.5 Å². The Kier molecular flexibility index (Phi) is 6.83. The highest BCUT2D eigenvalue weighted by Crippen LogP contribution is 2.17. The summed E-state index contributed by atoms with van der Waals surface area (Å²) in [6.07, 6.45) is 1.32. The first-order valence-electron chi connectivity index (χ1n) is 8.18. The maximum Gasteiger partial charge on any atom is 0.243 e. The van der Waals surface area contributed by atoms with Gasteiger partial charge in [-0.25, -0.2) is 0 Å². The van der Waals surface area contributed by atoms with Crippen LogP contribution in [0.4, 0.5) is 17.1 Å². The molecule has 0 fully saturated rings. The molecule has 2 amide bonds. The lowest BCUT2D eigenvalue weighted by Gasteiger charge is -2.10. The topological polar surface area (TPSA) is 79.5 Å². The van der Waals surface area contributed by atoms with Crippen LogP contribution in [0.2, 0.25) is 0 Å². The molecule has 6 heteroatoms. The Balaban J connectivity index is 1.82. The number of nitrogens with one attached hydrogen (secondary N) is 3. The maximum atomic E-state index is 12.0. The van der Waals surface area contributed by atoms with E-state index in [1.54, 1.807) is 31.4 Å². The predicted octanol–water partition coefficient (Wildman–Crippen LogP) is 3.48. The zero-order valence-electron chi connectivity index (χ0n) is 14.5. The highest BCUT2D eigenvalue weighted by molar-refractivity contribution is 5.94. The molecule has 6 nitrogen and oxygen atoms in total. The van der Waals surface area contributed by atoms with Gasteiger partial charge >= 0.3 is 0 Å². The Hall–Kier alpha value is -3.02. The molecule has 0 saturated carbocycles. The minimum atomic E-state index is -0.159. The van der Waals surface area contributed by atoms with Crippen LogP contribution in [0.5, 0.6) is 5.75 Å². The molecule has 0 heterocycles. The van der Waals surface area contributed by atoms with Crippen LogP contribution in [-0.4, -0.2) is 25.5 Å². The monoisotopic (exact) mass is 341 g/mol. The number of ether oxygens (including phenoxy) is 1. The number of methoxy groups -OCH3 is 1. The summed E-state index contributed by atoms with van der Waals surface area (Å²) in [5, 5.41) is 8.66. The van der Waals surface area contributed by atoms with Gasteiger partial charge in [-0.05, 0) is 42.8 Å². The third kappa shape index (κ3) is 6.18. The van der Waals surface area contributed by atoms with Gasteiger partial charge in [-0.15, -0.1) is 0 Å². The molecule has 0 aliphatic heterocycles. The van der Waals surface area contributed by atoms with Gasteiger partial charge in [-0.1, -0.05) is 13.0 Å². The lowest BCUT2D eigenvalue weighted by atomic mass is 10.2. The van der Waals surface area contributed by atoms with Gasteiger partial charge in [-0.3, -0.25) is 9.59 Å². The average Bonchev–Trinajstić information content (AvgIpc) is 2.61. The second-order valence-electron chi connectivity index (χ2n) is 5.51. The smallest absolute Gasteiger partial charge is 0.243 e. The van der Waals surface area contributed by atoms with Gasteiger partial charge in [0.05, 0.1) is 13.7 Å². The number of rotatable bonds is 8. The number of carbonyl (C=O) groups is 2. The molecule has 0 aliphatic rings. The molecule has 2 rings (SSSR count). The van der Waals surface area contributed by atoms with Crippen LogP contribution in [0, 0.1) is 0 Å². The number of benzene rings is 2. The molecule has 25 heavy (non-hydrogen) atoms. The summed E-state index contributed by atoms with van der Waals surface area (Å²) in [6, 6.07) is 14.4. The summed E-state index contributed by atoms with van der Waals surface area (Å²) >= 11 is 0. The zero-order valence-corrected chi connectivity index (χ0v) is 14.5. The van der Waals surface area contributed by atoms with E-state index in [0.717, 1.165) is 17.8 Å². The molecule has 0 bridgehead atoms. The average molecular weight is 341 g/mol. The third-order valence-electron chi connectivity index (χ3n) is 3.45. The van der Waals surface area contributed by atoms with Gasteiger partial charge < -0.3 is 20.7 Å². The number of carbonyl (C=O) groups excluding carboxylic acids is 2. The van der Waals surface area contributed by atoms with Gasteiger partial charge in [-0.2, -0.15) is 0 Å². The highest BCUT2D eigenvalue weighted by atomic mass is 16.5. The van der Waals surface area contributed by atoms with E-state index in [4.69, 9.17) is 4.74 Å². The van der Waals surface area contributed by atoms with Crippen LogP contribution in [0.15, 0.2) is 48.5 Å². The Morgan fingerprint density at radius 2 is 1.60 bits per heavy atom. The fourth-order valence-corrected chi connectivity index (χ4v) is 2.21. The van der Waals surface area contributed by atoms with Crippen molar-refractivity contribution in [2.24, 2.45) is 0 Å². The molecule has 0 atom stereocenters. The van der Waals surface area contributed by atoms with E-state index in [9.17, 15) is 9.59 Å². The number of hydrogen-bond acceptors (Lipinski definition) is 4. The number of amides is 2. The summed E-state index contributed by atoms with van der Waals surface area (Å²) in [7, 11) is 1.58. The molecule has 2 aromatic rings. The Labute approximate surface area is 147 Å². The van der Waals surface area contributed by atoms with Crippen LogP contribution in [0.25, 0.3) is 0 Å². The van der Waals surface area contributed by atoms with Crippen molar-refractivity contribution in [1.82, 2.24) is 0 Å². The second-order valence-corrected chi connectivity index (χ2v) is 5.51. The molecule has 132 valence electrons. The second kappa shape index (κ2) is 9.32. The standard InChI is InChI=1S/C19H23N3O3/c1-3-5-18(23)21-15-10-8-14(9-11-15)20-13-19(24)22-16-6-4-7-17(12-16)25-2/h4,6-12,20H,3,5,13H2,1-2H3,(H,21,23)(H,22,24). The van der Waals surface area contributed by atoms with Crippen LogP contribution in [-0.2, 0) is 9.59 Å². The largest absolute Gasteiger partial charge is 0.497 e. The van der Waals surface area contributed by atoms with Gasteiger partial charge in [0.1, 0.15) is 5.75 Å². The molecule has 0 aliphatic carbocycles. The minimum absolute atomic E-state index is 0.000811. The van der Waals surface area contributed by atoms with E-state index < -0.39 is 0 Å². The number of hydrogen-bond donors (Lipinski definition) is 3. The Morgan fingerprint density at radius 3 is 2.28 bits per heavy atom. The predicted molar refractivity (Wildman–Crippen MR) is 100 cm³/mol. The summed E-state index contributed by atoms with van der Waals surface area (Å²) in [5.41, 5.74) is 2.22. The van der Waals surface area contributed by atoms with Crippen molar-refractivity contribution in [1.29, 1.82) is 0 Å². The van der Waals surface area contributed by atoms with Crippen LogP contribution < -0.4 is 20.7 Å². The van der Waals surface area contributed by atoms with Gasteiger partial charge in [0.15, 0.2) is 0 Å². The molecule has 0 aromatic heterocycles. The lowest BCUT2D eigenvalue weighted by Crippen LogP contribution is -2.21.